The van der Waals surface area contributed by atoms with Crippen LogP contribution in [0.2, 0.25) is 0 Å². The van der Waals surface area contributed by atoms with E-state index in [1.807, 2.05) is 0 Å². The van der Waals surface area contributed by atoms with Crippen LogP contribution in [0.5, 0.6) is 17.2 Å². The summed E-state index contributed by atoms with van der Waals surface area (Å²) in [6.07, 6.45) is -0.748. The number of carbonyl (C=O) groups is 2. The summed E-state index contributed by atoms with van der Waals surface area (Å²) in [7, 11) is 0.229. The van der Waals surface area contributed by atoms with E-state index < -0.39 is 28.6 Å². The Morgan fingerprint density at radius 2 is 1.94 bits per heavy atom. The molecule has 172 valence electrons. The van der Waals surface area contributed by atoms with Crippen LogP contribution in [0, 0.1) is 6.92 Å². The molecule has 0 aromatic heterocycles. The van der Waals surface area contributed by atoms with E-state index in [9.17, 15) is 18.0 Å². The molecule has 0 saturated carbocycles. The van der Waals surface area contributed by atoms with Crippen LogP contribution < -0.4 is 24.8 Å². The van der Waals surface area contributed by atoms with Gasteiger partial charge in [-0.3, -0.25) is 9.59 Å². The number of fused-ring (bicyclic) bond motifs is 1. The van der Waals surface area contributed by atoms with Crippen molar-refractivity contribution in [2.75, 3.05) is 38.4 Å². The molecule has 1 heterocycles. The Kier molecular flexibility index (Phi) is 6.60. The lowest BCUT2D eigenvalue weighted by atomic mass is 10.1. The fraction of sp³-hybridized carbons (Fsp3) is 0.333. The molecule has 0 fully saturated rings. The standard InChI is InChI=1S/C21H25N3O7S/c1-12-8-15-18(31-13(2)21(26)23-15)10-19(12)32(27,28)24(3)11-20(25)22-16-9-14(29-4)6-7-17(16)30-5/h6-10,13H,11H2,1-5H3,(H,22,25)(H,23,26)/t13-/m1/s1. The molecule has 2 aromatic carbocycles. The monoisotopic (exact) mass is 463 g/mol. The molecule has 0 aliphatic carbocycles. The summed E-state index contributed by atoms with van der Waals surface area (Å²) < 4.78 is 43.1. The minimum atomic E-state index is -4.03. The molecule has 10 nitrogen and oxygen atoms in total. The van der Waals surface area contributed by atoms with E-state index in [1.165, 1.54) is 33.4 Å². The van der Waals surface area contributed by atoms with Gasteiger partial charge in [-0.15, -0.1) is 0 Å². The van der Waals surface area contributed by atoms with Gasteiger partial charge in [0.1, 0.15) is 17.2 Å². The third-order valence-corrected chi connectivity index (χ3v) is 6.89. The summed E-state index contributed by atoms with van der Waals surface area (Å²) >= 11 is 0. The number of aryl methyl sites for hydroxylation is 1. The fourth-order valence-electron chi connectivity index (χ4n) is 3.18. The Morgan fingerprint density at radius 3 is 2.59 bits per heavy atom. The van der Waals surface area contributed by atoms with Crippen molar-refractivity contribution in [3.63, 3.8) is 0 Å². The quantitative estimate of drug-likeness (QED) is 0.644. The molecular weight excluding hydrogens is 438 g/mol. The van der Waals surface area contributed by atoms with Gasteiger partial charge < -0.3 is 24.8 Å². The minimum Gasteiger partial charge on any atom is -0.497 e. The van der Waals surface area contributed by atoms with Gasteiger partial charge in [0.15, 0.2) is 6.10 Å². The van der Waals surface area contributed by atoms with Crippen LogP contribution in [-0.2, 0) is 19.6 Å². The summed E-state index contributed by atoms with van der Waals surface area (Å²) in [5.74, 6) is 0.293. The molecule has 3 rings (SSSR count). The Labute approximate surface area is 186 Å². The molecule has 2 N–H and O–H groups in total. The van der Waals surface area contributed by atoms with Gasteiger partial charge in [0.05, 0.1) is 37.0 Å². The number of nitrogens with zero attached hydrogens (tertiary/aromatic N) is 1. The average molecular weight is 464 g/mol. The highest BCUT2D eigenvalue weighted by atomic mass is 32.2. The lowest BCUT2D eigenvalue weighted by Crippen LogP contribution is -2.36. The van der Waals surface area contributed by atoms with Crippen LogP contribution in [0.25, 0.3) is 0 Å². The number of likely N-dealkylation sites (N-methyl/N-ethyl adjacent to an activating group) is 1. The number of nitrogens with one attached hydrogen (secondary N) is 2. The van der Waals surface area contributed by atoms with Gasteiger partial charge in [-0.2, -0.15) is 4.31 Å². The predicted molar refractivity (Wildman–Crippen MR) is 118 cm³/mol. The van der Waals surface area contributed by atoms with E-state index in [-0.39, 0.29) is 16.6 Å². The Hall–Kier alpha value is -3.31. The Balaban J connectivity index is 1.81. The number of anilines is 2. The van der Waals surface area contributed by atoms with Crippen LogP contribution in [0.3, 0.4) is 0 Å². The molecule has 0 bridgehead atoms. The number of carbonyl (C=O) groups excluding carboxylic acids is 2. The number of benzene rings is 2. The van der Waals surface area contributed by atoms with Gasteiger partial charge in [-0.05, 0) is 37.6 Å². The van der Waals surface area contributed by atoms with Crippen molar-refractivity contribution in [3.8, 4) is 17.2 Å². The normalized spacial score (nSPS) is 15.4. The van der Waals surface area contributed by atoms with Crippen LogP contribution in [0.15, 0.2) is 35.2 Å². The first-order valence-corrected chi connectivity index (χ1v) is 11.1. The van der Waals surface area contributed by atoms with Gasteiger partial charge in [0.25, 0.3) is 5.91 Å². The maximum absolute atomic E-state index is 13.2. The van der Waals surface area contributed by atoms with Crippen molar-refractivity contribution in [2.24, 2.45) is 0 Å². The molecule has 32 heavy (non-hydrogen) atoms. The van der Waals surface area contributed by atoms with E-state index in [0.717, 1.165) is 4.31 Å². The molecule has 11 heteroatoms. The lowest BCUT2D eigenvalue weighted by molar-refractivity contribution is -0.122. The molecule has 0 saturated heterocycles. The third kappa shape index (κ3) is 4.63. The first-order valence-electron chi connectivity index (χ1n) is 9.67. The highest BCUT2D eigenvalue weighted by Gasteiger charge is 2.30. The van der Waals surface area contributed by atoms with Crippen LogP contribution in [0.4, 0.5) is 11.4 Å². The second-order valence-electron chi connectivity index (χ2n) is 7.24. The average Bonchev–Trinajstić information content (AvgIpc) is 2.74. The molecular formula is C21H25N3O7S. The largest absolute Gasteiger partial charge is 0.497 e. The van der Waals surface area contributed by atoms with E-state index in [4.69, 9.17) is 14.2 Å². The molecule has 2 amide bonds. The van der Waals surface area contributed by atoms with Gasteiger partial charge >= 0.3 is 0 Å². The highest BCUT2D eigenvalue weighted by Crippen LogP contribution is 2.35. The smallest absolute Gasteiger partial charge is 0.265 e. The zero-order chi connectivity index (χ0) is 23.6. The zero-order valence-electron chi connectivity index (χ0n) is 18.4. The second-order valence-corrected chi connectivity index (χ2v) is 9.25. The maximum atomic E-state index is 13.2. The van der Waals surface area contributed by atoms with Crippen molar-refractivity contribution in [2.45, 2.75) is 24.8 Å². The number of methoxy groups -OCH3 is 2. The van der Waals surface area contributed by atoms with Crippen molar-refractivity contribution in [3.05, 3.63) is 35.9 Å². The number of ether oxygens (including phenoxy) is 3. The minimum absolute atomic E-state index is 0.0196. The predicted octanol–water partition coefficient (Wildman–Crippen LogP) is 1.99. The van der Waals surface area contributed by atoms with E-state index in [0.29, 0.717) is 28.4 Å². The second kappa shape index (κ2) is 9.05. The van der Waals surface area contributed by atoms with Crippen molar-refractivity contribution < 1.29 is 32.2 Å². The molecule has 0 spiro atoms. The van der Waals surface area contributed by atoms with Crippen LogP contribution >= 0.6 is 0 Å². The molecule has 2 aromatic rings. The highest BCUT2D eigenvalue weighted by molar-refractivity contribution is 7.89. The molecule has 0 unspecified atom stereocenters. The van der Waals surface area contributed by atoms with Gasteiger partial charge in [0.2, 0.25) is 15.9 Å². The van der Waals surface area contributed by atoms with Crippen molar-refractivity contribution in [1.29, 1.82) is 0 Å². The fourth-order valence-corrected chi connectivity index (χ4v) is 4.52. The van der Waals surface area contributed by atoms with Crippen LogP contribution in [-0.4, -0.2) is 58.5 Å². The number of hydrogen-bond donors (Lipinski definition) is 2. The lowest BCUT2D eigenvalue weighted by Gasteiger charge is -2.25. The maximum Gasteiger partial charge on any atom is 0.265 e. The molecule has 0 radical (unpaired) electrons. The number of amides is 2. The summed E-state index contributed by atoms with van der Waals surface area (Å²) in [6, 6.07) is 7.77. The van der Waals surface area contributed by atoms with Gasteiger partial charge in [-0.25, -0.2) is 8.42 Å². The topological polar surface area (TPSA) is 123 Å². The first kappa shape index (κ1) is 23.4. The Morgan fingerprint density at radius 1 is 1.22 bits per heavy atom. The number of rotatable bonds is 7. The van der Waals surface area contributed by atoms with Crippen molar-refractivity contribution in [1.82, 2.24) is 4.31 Å². The summed E-state index contributed by atoms with van der Waals surface area (Å²) in [6.45, 7) is 2.73. The molecule has 1 atom stereocenters. The van der Waals surface area contributed by atoms with E-state index in [1.54, 1.807) is 32.0 Å². The van der Waals surface area contributed by atoms with E-state index in [2.05, 4.69) is 10.6 Å². The first-order chi connectivity index (χ1) is 15.1. The summed E-state index contributed by atoms with van der Waals surface area (Å²) in [5.41, 5.74) is 1.16. The number of sulfonamides is 1. The SMILES string of the molecule is COc1ccc(OC)c(NC(=O)CN(C)S(=O)(=O)c2cc3c(cc2C)NC(=O)[C@@H](C)O3)c1. The summed E-state index contributed by atoms with van der Waals surface area (Å²) in [4.78, 5) is 24.4. The van der Waals surface area contributed by atoms with E-state index >= 15 is 0 Å². The van der Waals surface area contributed by atoms with Gasteiger partial charge in [0, 0.05) is 19.2 Å². The Bertz CT molecular complexity index is 1160. The molecule has 1 aliphatic heterocycles. The van der Waals surface area contributed by atoms with Crippen LogP contribution in [0.1, 0.15) is 12.5 Å². The van der Waals surface area contributed by atoms with Gasteiger partial charge in [-0.1, -0.05) is 0 Å². The zero-order valence-corrected chi connectivity index (χ0v) is 19.2. The summed E-state index contributed by atoms with van der Waals surface area (Å²) in [5, 5.41) is 5.32. The van der Waals surface area contributed by atoms with Crippen molar-refractivity contribution >= 4 is 33.2 Å². The number of hydrogen-bond acceptors (Lipinski definition) is 7. The third-order valence-electron chi connectivity index (χ3n) is 4.94. The molecule has 1 aliphatic rings.